The summed E-state index contributed by atoms with van der Waals surface area (Å²) in [5.74, 6) is 0.164. The Morgan fingerprint density at radius 2 is 2.04 bits per heavy atom. The fourth-order valence-corrected chi connectivity index (χ4v) is 3.49. The molecule has 1 saturated heterocycles. The Kier molecular flexibility index (Phi) is 7.55. The molecule has 6 nitrogen and oxygen atoms in total. The van der Waals surface area contributed by atoms with Gasteiger partial charge < -0.3 is 16.0 Å². The molecule has 1 fully saturated rings. The van der Waals surface area contributed by atoms with Crippen molar-refractivity contribution >= 4 is 11.8 Å². The van der Waals surface area contributed by atoms with Crippen LogP contribution in [0.25, 0.3) is 0 Å². The van der Waals surface area contributed by atoms with Gasteiger partial charge >= 0.3 is 0 Å². The maximum absolute atomic E-state index is 12.8. The molecule has 0 radical (unpaired) electrons. The van der Waals surface area contributed by atoms with Crippen LogP contribution < -0.4 is 16.0 Å². The first-order valence-corrected chi connectivity index (χ1v) is 9.95. The second-order valence-electron chi connectivity index (χ2n) is 7.25. The summed E-state index contributed by atoms with van der Waals surface area (Å²) >= 11 is 0. The van der Waals surface area contributed by atoms with Crippen LogP contribution in [0.2, 0.25) is 0 Å². The molecule has 2 aromatic rings. The molecule has 6 heteroatoms. The molecule has 148 valence electrons. The van der Waals surface area contributed by atoms with Crippen LogP contribution in [0.3, 0.4) is 0 Å². The van der Waals surface area contributed by atoms with Crippen molar-refractivity contribution in [2.45, 2.75) is 31.7 Å². The summed E-state index contributed by atoms with van der Waals surface area (Å²) in [6, 6.07) is 12.5. The number of rotatable bonds is 8. The van der Waals surface area contributed by atoms with Gasteiger partial charge in [-0.25, -0.2) is 0 Å². The van der Waals surface area contributed by atoms with Crippen molar-refractivity contribution in [3.05, 3.63) is 66.0 Å². The van der Waals surface area contributed by atoms with Crippen molar-refractivity contribution in [2.24, 2.45) is 5.92 Å². The van der Waals surface area contributed by atoms with E-state index < -0.39 is 6.04 Å². The summed E-state index contributed by atoms with van der Waals surface area (Å²) < 4.78 is 0. The molecular weight excluding hydrogens is 352 g/mol. The van der Waals surface area contributed by atoms with E-state index in [4.69, 9.17) is 0 Å². The van der Waals surface area contributed by atoms with Gasteiger partial charge in [0.25, 0.3) is 5.91 Å². The van der Waals surface area contributed by atoms with E-state index in [1.54, 1.807) is 18.3 Å². The second-order valence-corrected chi connectivity index (χ2v) is 7.25. The first kappa shape index (κ1) is 20.0. The molecular formula is C22H28N4O2. The van der Waals surface area contributed by atoms with Crippen LogP contribution in [0, 0.1) is 5.92 Å². The van der Waals surface area contributed by atoms with Crippen LogP contribution in [0.15, 0.2) is 54.9 Å². The van der Waals surface area contributed by atoms with Gasteiger partial charge in [-0.1, -0.05) is 30.3 Å². The third-order valence-electron chi connectivity index (χ3n) is 5.08. The van der Waals surface area contributed by atoms with Gasteiger partial charge in [0.05, 0.1) is 5.56 Å². The third kappa shape index (κ3) is 6.16. The first-order valence-electron chi connectivity index (χ1n) is 9.95. The monoisotopic (exact) mass is 380 g/mol. The van der Waals surface area contributed by atoms with E-state index in [-0.39, 0.29) is 11.8 Å². The van der Waals surface area contributed by atoms with Crippen LogP contribution in [0.5, 0.6) is 0 Å². The van der Waals surface area contributed by atoms with Gasteiger partial charge in [0.1, 0.15) is 6.04 Å². The summed E-state index contributed by atoms with van der Waals surface area (Å²) in [7, 11) is 0. The van der Waals surface area contributed by atoms with E-state index in [9.17, 15) is 9.59 Å². The standard InChI is InChI=1S/C22H28N4O2/c27-21(19-9-5-12-24-16-19)26-20(14-17-6-2-1-3-7-17)22(28)25-13-10-18-8-4-11-23-15-18/h1-3,5-7,9,12,16,18,20,23H,4,8,10-11,13-15H2,(H,25,28)(H,26,27). The van der Waals surface area contributed by atoms with E-state index in [1.807, 2.05) is 30.3 Å². The largest absolute Gasteiger partial charge is 0.354 e. The minimum Gasteiger partial charge on any atom is -0.354 e. The van der Waals surface area contributed by atoms with Gasteiger partial charge in [-0.3, -0.25) is 14.6 Å². The van der Waals surface area contributed by atoms with Crippen molar-refractivity contribution in [2.75, 3.05) is 19.6 Å². The number of nitrogens with zero attached hydrogens (tertiary/aromatic N) is 1. The fraction of sp³-hybridized carbons (Fsp3) is 0.409. The molecule has 2 heterocycles. The van der Waals surface area contributed by atoms with Crippen LogP contribution in [0.1, 0.15) is 35.2 Å². The average molecular weight is 380 g/mol. The Morgan fingerprint density at radius 1 is 1.18 bits per heavy atom. The normalized spacial score (nSPS) is 17.5. The van der Waals surface area contributed by atoms with Crippen molar-refractivity contribution < 1.29 is 9.59 Å². The summed E-state index contributed by atoms with van der Waals surface area (Å²) in [6.07, 6.45) is 6.91. The van der Waals surface area contributed by atoms with Crippen LogP contribution in [-0.4, -0.2) is 42.5 Å². The average Bonchev–Trinajstić information content (AvgIpc) is 2.75. The smallest absolute Gasteiger partial charge is 0.253 e. The summed E-state index contributed by atoms with van der Waals surface area (Å²) in [6.45, 7) is 2.72. The van der Waals surface area contributed by atoms with E-state index in [0.29, 0.717) is 24.4 Å². The number of benzene rings is 1. The maximum atomic E-state index is 12.8. The number of hydrogen-bond donors (Lipinski definition) is 3. The predicted octanol–water partition coefficient (Wildman–Crippen LogP) is 1.93. The number of nitrogens with one attached hydrogen (secondary N) is 3. The minimum atomic E-state index is -0.625. The van der Waals surface area contributed by atoms with Gasteiger partial charge in [-0.15, -0.1) is 0 Å². The molecule has 1 aromatic heterocycles. The Morgan fingerprint density at radius 3 is 2.75 bits per heavy atom. The van der Waals surface area contributed by atoms with Crippen LogP contribution in [0.4, 0.5) is 0 Å². The van der Waals surface area contributed by atoms with Gasteiger partial charge in [-0.05, 0) is 56.0 Å². The zero-order valence-electron chi connectivity index (χ0n) is 16.1. The molecule has 28 heavy (non-hydrogen) atoms. The SMILES string of the molecule is O=C(NC(Cc1ccccc1)C(=O)NCCC1CCCNC1)c1cccnc1. The van der Waals surface area contributed by atoms with E-state index in [0.717, 1.165) is 25.1 Å². The molecule has 1 aliphatic heterocycles. The molecule has 0 aliphatic carbocycles. The number of amides is 2. The number of carbonyl (C=O) groups is 2. The number of pyridine rings is 1. The highest BCUT2D eigenvalue weighted by molar-refractivity contribution is 5.97. The minimum absolute atomic E-state index is 0.148. The van der Waals surface area contributed by atoms with Crippen molar-refractivity contribution in [1.29, 1.82) is 0 Å². The fourth-order valence-electron chi connectivity index (χ4n) is 3.49. The van der Waals surface area contributed by atoms with Crippen LogP contribution >= 0.6 is 0 Å². The lowest BCUT2D eigenvalue weighted by Crippen LogP contribution is -2.48. The van der Waals surface area contributed by atoms with E-state index in [2.05, 4.69) is 20.9 Å². The first-order chi connectivity index (χ1) is 13.7. The molecule has 0 bridgehead atoms. The van der Waals surface area contributed by atoms with E-state index in [1.165, 1.54) is 19.0 Å². The summed E-state index contributed by atoms with van der Waals surface area (Å²) in [5, 5.41) is 9.27. The Hall–Kier alpha value is -2.73. The molecule has 3 rings (SSSR count). The topological polar surface area (TPSA) is 83.1 Å². The predicted molar refractivity (Wildman–Crippen MR) is 109 cm³/mol. The van der Waals surface area contributed by atoms with Crippen molar-refractivity contribution in [3.63, 3.8) is 0 Å². The number of aromatic nitrogens is 1. The van der Waals surface area contributed by atoms with Crippen LogP contribution in [-0.2, 0) is 11.2 Å². The van der Waals surface area contributed by atoms with Gasteiger partial charge in [0.2, 0.25) is 5.91 Å². The highest BCUT2D eigenvalue weighted by Crippen LogP contribution is 2.13. The maximum Gasteiger partial charge on any atom is 0.253 e. The van der Waals surface area contributed by atoms with Gasteiger partial charge in [0.15, 0.2) is 0 Å². The quantitative estimate of drug-likeness (QED) is 0.653. The Balaban J connectivity index is 1.59. The molecule has 0 spiro atoms. The third-order valence-corrected chi connectivity index (χ3v) is 5.08. The van der Waals surface area contributed by atoms with Crippen molar-refractivity contribution in [1.82, 2.24) is 20.9 Å². The molecule has 3 N–H and O–H groups in total. The zero-order valence-corrected chi connectivity index (χ0v) is 16.1. The highest BCUT2D eigenvalue weighted by atomic mass is 16.2. The zero-order chi connectivity index (χ0) is 19.6. The second kappa shape index (κ2) is 10.6. The number of piperidine rings is 1. The molecule has 2 amide bonds. The van der Waals surface area contributed by atoms with Crippen molar-refractivity contribution in [3.8, 4) is 0 Å². The summed E-state index contributed by atoms with van der Waals surface area (Å²) in [5.41, 5.74) is 1.45. The van der Waals surface area contributed by atoms with Gasteiger partial charge in [-0.2, -0.15) is 0 Å². The lowest BCUT2D eigenvalue weighted by Gasteiger charge is -2.23. The highest BCUT2D eigenvalue weighted by Gasteiger charge is 2.22. The number of hydrogen-bond acceptors (Lipinski definition) is 4. The lowest BCUT2D eigenvalue weighted by molar-refractivity contribution is -0.123. The molecule has 2 unspecified atom stereocenters. The molecule has 2 atom stereocenters. The summed E-state index contributed by atoms with van der Waals surface area (Å²) in [4.78, 5) is 29.3. The molecule has 1 aromatic carbocycles. The van der Waals surface area contributed by atoms with Gasteiger partial charge in [0, 0.05) is 25.4 Å². The number of carbonyl (C=O) groups excluding carboxylic acids is 2. The molecule has 1 aliphatic rings. The lowest BCUT2D eigenvalue weighted by atomic mass is 9.96. The molecule has 0 saturated carbocycles. The van der Waals surface area contributed by atoms with E-state index >= 15 is 0 Å². The Labute approximate surface area is 166 Å². The Bertz CT molecular complexity index is 746.